The van der Waals surface area contributed by atoms with Crippen LogP contribution in [0.4, 0.5) is 24.5 Å². The highest BCUT2D eigenvalue weighted by molar-refractivity contribution is 7.07. The maximum absolute atomic E-state index is 13.5. The van der Waals surface area contributed by atoms with E-state index in [1.54, 1.807) is 60.1 Å². The van der Waals surface area contributed by atoms with Gasteiger partial charge in [-0.1, -0.05) is 31.4 Å². The van der Waals surface area contributed by atoms with Crippen molar-refractivity contribution in [3.8, 4) is 5.75 Å². The molecule has 3 aromatic carbocycles. The number of nitrogens with two attached hydrogens (primary N) is 1. The fraction of sp³-hybridized carbons (Fsp3) is 0.357. The third kappa shape index (κ3) is 14.4. The average Bonchev–Trinajstić information content (AvgIpc) is 3.96. The lowest BCUT2D eigenvalue weighted by atomic mass is 10.1. The van der Waals surface area contributed by atoms with Crippen molar-refractivity contribution in [3.05, 3.63) is 106 Å². The van der Waals surface area contributed by atoms with Crippen LogP contribution in [0.1, 0.15) is 87.3 Å². The minimum absolute atomic E-state index is 0.0828. The number of aliphatic carboxylic acids is 1. The Balaban J connectivity index is 0.000000925. The molecule has 6 rings (SSSR count). The summed E-state index contributed by atoms with van der Waals surface area (Å²) >= 11 is 1.48. The maximum atomic E-state index is 13.5. The number of carbonyl (C=O) groups excluding carboxylic acids is 5. The summed E-state index contributed by atoms with van der Waals surface area (Å²) in [5.41, 5.74) is 12.0. The second kappa shape index (κ2) is 21.8. The van der Waals surface area contributed by atoms with Crippen molar-refractivity contribution in [2.75, 3.05) is 30.3 Å². The monoisotopic (exact) mass is 865 g/mol. The Kier molecular flexibility index (Phi) is 16.3. The molecule has 1 atom stereocenters. The van der Waals surface area contributed by atoms with E-state index in [-0.39, 0.29) is 42.2 Å². The van der Waals surface area contributed by atoms with E-state index >= 15 is 0 Å². The Morgan fingerprint density at radius 3 is 2.11 bits per heavy atom. The van der Waals surface area contributed by atoms with E-state index in [1.165, 1.54) is 11.3 Å². The van der Waals surface area contributed by atoms with Gasteiger partial charge in [0, 0.05) is 59.9 Å². The van der Waals surface area contributed by atoms with Gasteiger partial charge in [0.15, 0.2) is 6.61 Å². The summed E-state index contributed by atoms with van der Waals surface area (Å²) in [6.07, 6.45) is 1.88. The van der Waals surface area contributed by atoms with Crippen molar-refractivity contribution in [3.63, 3.8) is 0 Å². The van der Waals surface area contributed by atoms with Crippen LogP contribution in [0.2, 0.25) is 0 Å². The lowest BCUT2D eigenvalue weighted by Gasteiger charge is -2.24. The van der Waals surface area contributed by atoms with Crippen molar-refractivity contribution in [1.29, 1.82) is 0 Å². The summed E-state index contributed by atoms with van der Waals surface area (Å²) in [6, 6.07) is 18.5. The van der Waals surface area contributed by atoms with Crippen molar-refractivity contribution >= 4 is 58.2 Å². The predicted octanol–water partition coefficient (Wildman–Crippen LogP) is 5.53. The number of ether oxygens (including phenoxy) is 1. The van der Waals surface area contributed by atoms with Crippen LogP contribution in [-0.4, -0.2) is 88.5 Å². The SMILES string of the molecule is N[C@@H](Cc1cscn1)C(=O)NCCCCCCCNC(=O)c1ccc(NC(=O)c2ccc(CN(C(=O)c3ccc4c(c3)OCC(=O)N4)C3CC3)cc2)cc1.O=C(O)C(F)(F)F. The molecule has 15 nitrogen and oxygen atoms in total. The van der Waals surface area contributed by atoms with Gasteiger partial charge in [-0.3, -0.25) is 24.0 Å². The molecule has 1 aliphatic carbocycles. The number of nitrogens with zero attached hydrogens (tertiary/aromatic N) is 2. The summed E-state index contributed by atoms with van der Waals surface area (Å²) in [5.74, 6) is -3.24. The summed E-state index contributed by atoms with van der Waals surface area (Å²) in [5, 5.41) is 20.5. The number of benzene rings is 3. The van der Waals surface area contributed by atoms with Gasteiger partial charge in [0.1, 0.15) is 5.75 Å². The summed E-state index contributed by atoms with van der Waals surface area (Å²) in [7, 11) is 0. The number of hydrogen-bond donors (Lipinski definition) is 6. The van der Waals surface area contributed by atoms with Crippen LogP contribution in [-0.2, 0) is 27.3 Å². The molecule has 0 spiro atoms. The molecule has 0 saturated heterocycles. The average molecular weight is 866 g/mol. The topological polar surface area (TPSA) is 222 Å². The molecule has 1 saturated carbocycles. The van der Waals surface area contributed by atoms with Gasteiger partial charge in [0.2, 0.25) is 5.91 Å². The molecular formula is C42H46F3N7O8S. The molecule has 5 amide bonds. The van der Waals surface area contributed by atoms with E-state index in [9.17, 15) is 37.1 Å². The van der Waals surface area contributed by atoms with Crippen molar-refractivity contribution in [1.82, 2.24) is 20.5 Å². The van der Waals surface area contributed by atoms with Crippen molar-refractivity contribution < 1.29 is 51.8 Å². The van der Waals surface area contributed by atoms with Crippen LogP contribution < -0.4 is 31.7 Å². The molecule has 2 aliphatic rings. The second-order valence-electron chi connectivity index (χ2n) is 14.3. The molecule has 61 heavy (non-hydrogen) atoms. The second-order valence-corrected chi connectivity index (χ2v) is 15.1. The number of thiazole rings is 1. The zero-order valence-electron chi connectivity index (χ0n) is 33.0. The zero-order valence-corrected chi connectivity index (χ0v) is 33.8. The van der Waals surface area contributed by atoms with Gasteiger partial charge >= 0.3 is 12.1 Å². The molecule has 7 N–H and O–H groups in total. The lowest BCUT2D eigenvalue weighted by molar-refractivity contribution is -0.192. The number of carbonyl (C=O) groups is 6. The molecule has 0 bridgehead atoms. The highest BCUT2D eigenvalue weighted by atomic mass is 32.1. The number of unbranched alkanes of at least 4 members (excludes halogenated alkanes) is 4. The van der Waals surface area contributed by atoms with Crippen molar-refractivity contribution in [2.45, 2.75) is 76.2 Å². The Labute approximate surface area is 353 Å². The number of nitrogens with one attached hydrogen (secondary N) is 4. The zero-order chi connectivity index (χ0) is 43.9. The van der Waals surface area contributed by atoms with E-state index in [1.807, 2.05) is 22.4 Å². The van der Waals surface area contributed by atoms with Gasteiger partial charge in [-0.25, -0.2) is 9.78 Å². The number of carboxylic acid groups (broad SMARTS) is 1. The lowest BCUT2D eigenvalue weighted by Crippen LogP contribution is -2.42. The number of amides is 5. The normalized spacial score (nSPS) is 13.5. The van der Waals surface area contributed by atoms with E-state index in [2.05, 4.69) is 26.3 Å². The summed E-state index contributed by atoms with van der Waals surface area (Å²) < 4.78 is 37.2. The first-order valence-corrected chi connectivity index (χ1v) is 20.5. The highest BCUT2D eigenvalue weighted by Crippen LogP contribution is 2.33. The van der Waals surface area contributed by atoms with Gasteiger partial charge < -0.3 is 41.7 Å². The number of aromatic nitrogens is 1. The van der Waals surface area contributed by atoms with E-state index in [4.69, 9.17) is 20.4 Å². The van der Waals surface area contributed by atoms with E-state index in [0.717, 1.165) is 56.2 Å². The smallest absolute Gasteiger partial charge is 0.482 e. The fourth-order valence-electron chi connectivity index (χ4n) is 6.08. The van der Waals surface area contributed by atoms with Crippen LogP contribution in [0.3, 0.4) is 0 Å². The molecule has 1 fully saturated rings. The Hall–Kier alpha value is -6.34. The van der Waals surface area contributed by atoms with E-state index < -0.39 is 18.2 Å². The number of carboxylic acids is 1. The third-order valence-corrected chi connectivity index (χ3v) is 10.1. The number of anilines is 2. The molecule has 19 heteroatoms. The summed E-state index contributed by atoms with van der Waals surface area (Å²) in [6.45, 7) is 1.47. The van der Waals surface area contributed by atoms with Gasteiger partial charge in [-0.15, -0.1) is 11.3 Å². The van der Waals surface area contributed by atoms with Crippen LogP contribution >= 0.6 is 11.3 Å². The Bertz CT molecular complexity index is 2150. The quantitative estimate of drug-likeness (QED) is 0.0687. The third-order valence-electron chi connectivity index (χ3n) is 9.51. The summed E-state index contributed by atoms with van der Waals surface area (Å²) in [4.78, 5) is 77.8. The molecular weight excluding hydrogens is 820 g/mol. The maximum Gasteiger partial charge on any atom is 0.490 e. The van der Waals surface area contributed by atoms with Gasteiger partial charge in [-0.05, 0) is 85.8 Å². The first-order chi connectivity index (χ1) is 29.2. The van der Waals surface area contributed by atoms with Crippen LogP contribution in [0.15, 0.2) is 77.6 Å². The van der Waals surface area contributed by atoms with Gasteiger partial charge in [-0.2, -0.15) is 13.2 Å². The predicted molar refractivity (Wildman–Crippen MR) is 220 cm³/mol. The van der Waals surface area contributed by atoms with Gasteiger partial charge in [0.05, 0.1) is 22.9 Å². The van der Waals surface area contributed by atoms with Crippen LogP contribution in [0.25, 0.3) is 0 Å². The molecule has 2 heterocycles. The number of fused-ring (bicyclic) bond motifs is 1. The molecule has 0 unspecified atom stereocenters. The Morgan fingerprint density at radius 2 is 1.49 bits per heavy atom. The fourth-order valence-corrected chi connectivity index (χ4v) is 6.65. The largest absolute Gasteiger partial charge is 0.490 e. The molecule has 0 radical (unpaired) electrons. The van der Waals surface area contributed by atoms with Crippen molar-refractivity contribution in [2.24, 2.45) is 5.73 Å². The first-order valence-electron chi connectivity index (χ1n) is 19.5. The van der Waals surface area contributed by atoms with E-state index in [0.29, 0.717) is 59.9 Å². The minimum atomic E-state index is -5.08. The van der Waals surface area contributed by atoms with Crippen LogP contribution in [0, 0.1) is 0 Å². The molecule has 4 aromatic rings. The molecule has 1 aromatic heterocycles. The number of hydrogen-bond acceptors (Lipinski definition) is 10. The number of halogens is 3. The minimum Gasteiger partial charge on any atom is -0.482 e. The molecule has 324 valence electrons. The Morgan fingerprint density at radius 1 is 0.885 bits per heavy atom. The first kappa shape index (κ1) is 45.7. The molecule has 1 aliphatic heterocycles. The standard InChI is InChI=1S/C40H45N7O6S.C2HF3O2/c41-33(21-31-24-54-25-44-31)39(51)43-19-5-3-1-2-4-18-42-37(49)27-10-13-30(14-11-27)45-38(50)28-8-6-26(7-9-28)22-47(32-15-16-32)40(52)29-12-17-34-35(20-29)53-23-36(48)46-34;3-2(4,5)1(6)7/h6-14,17,20,24-25,32-33H,1-5,15-16,18-19,21-23,41H2,(H,42,49)(H,43,51)(H,45,50)(H,46,48);(H,6,7)/t33-;/m0./s1. The number of alkyl halides is 3. The van der Waals surface area contributed by atoms with Crippen LogP contribution in [0.5, 0.6) is 5.75 Å². The number of rotatable bonds is 18. The van der Waals surface area contributed by atoms with Gasteiger partial charge in [0.25, 0.3) is 23.6 Å². The highest BCUT2D eigenvalue weighted by Gasteiger charge is 2.38.